The molecule has 2 aromatic carbocycles. The number of fused-ring (bicyclic) bond motifs is 2. The van der Waals surface area contributed by atoms with Gasteiger partial charge < -0.3 is 9.97 Å². The number of imidazole rings is 2. The average molecular weight is 359 g/mol. The quantitative estimate of drug-likeness (QED) is 0.418. The van der Waals surface area contributed by atoms with Gasteiger partial charge in [0.05, 0.1) is 22.1 Å². The van der Waals surface area contributed by atoms with Gasteiger partial charge in [-0.25, -0.2) is 9.78 Å². The Morgan fingerprint density at radius 1 is 1.12 bits per heavy atom. The van der Waals surface area contributed by atoms with E-state index < -0.39 is 0 Å². The maximum atomic E-state index is 12.0. The Kier molecular flexibility index (Phi) is 4.08. The van der Waals surface area contributed by atoms with Crippen molar-refractivity contribution in [1.29, 1.82) is 0 Å². The van der Waals surface area contributed by atoms with Crippen molar-refractivity contribution in [3.63, 3.8) is 0 Å². The Morgan fingerprint density at radius 3 is 2.92 bits per heavy atom. The largest absolute Gasteiger partial charge is 0.333 e. The van der Waals surface area contributed by atoms with Gasteiger partial charge in [0.2, 0.25) is 0 Å². The van der Waals surface area contributed by atoms with Gasteiger partial charge in [-0.2, -0.15) is 0 Å². The summed E-state index contributed by atoms with van der Waals surface area (Å²) >= 11 is 7.63. The summed E-state index contributed by atoms with van der Waals surface area (Å²) in [4.78, 5) is 22.7. The van der Waals surface area contributed by atoms with Crippen molar-refractivity contribution < 1.29 is 0 Å². The van der Waals surface area contributed by atoms with Gasteiger partial charge in [0, 0.05) is 17.3 Å². The molecule has 0 aliphatic rings. The summed E-state index contributed by atoms with van der Waals surface area (Å²) in [5, 5.41) is 1.57. The lowest BCUT2D eigenvalue weighted by atomic mass is 10.3. The van der Waals surface area contributed by atoms with Crippen LogP contribution in [0.4, 0.5) is 0 Å². The highest BCUT2D eigenvalue weighted by Crippen LogP contribution is 2.22. The number of nitrogens with one attached hydrogen (secondary N) is 2. The number of hydrogen-bond donors (Lipinski definition) is 2. The summed E-state index contributed by atoms with van der Waals surface area (Å²) in [6.45, 7) is 0.682. The number of aryl methyl sites for hydroxylation is 1. The van der Waals surface area contributed by atoms with Gasteiger partial charge in [0.25, 0.3) is 0 Å². The Labute approximate surface area is 147 Å². The molecule has 2 heterocycles. The molecule has 24 heavy (non-hydrogen) atoms. The highest BCUT2D eigenvalue weighted by molar-refractivity contribution is 7.99. The molecule has 5 nitrogen and oxygen atoms in total. The van der Waals surface area contributed by atoms with Crippen molar-refractivity contribution in [2.24, 2.45) is 0 Å². The molecule has 0 fully saturated rings. The number of rotatable bonds is 5. The topological polar surface area (TPSA) is 66.5 Å². The van der Waals surface area contributed by atoms with Gasteiger partial charge in [-0.3, -0.25) is 4.57 Å². The number of nitrogens with zero attached hydrogens (tertiary/aromatic N) is 2. The minimum absolute atomic E-state index is 0.0559. The van der Waals surface area contributed by atoms with Crippen molar-refractivity contribution in [1.82, 2.24) is 19.5 Å². The van der Waals surface area contributed by atoms with Gasteiger partial charge >= 0.3 is 5.69 Å². The monoisotopic (exact) mass is 358 g/mol. The SMILES string of the molecule is O=c1[nH]c2ccccc2n1CCCSc1nc2ccc(Cl)cc2[nH]1. The Hall–Kier alpha value is -2.18. The lowest BCUT2D eigenvalue weighted by Gasteiger charge is -2.02. The molecule has 0 unspecified atom stereocenters. The first-order chi connectivity index (χ1) is 11.7. The minimum atomic E-state index is -0.0559. The van der Waals surface area contributed by atoms with E-state index in [1.165, 1.54) is 0 Å². The van der Waals surface area contributed by atoms with Crippen LogP contribution in [0.1, 0.15) is 6.42 Å². The maximum absolute atomic E-state index is 12.0. The summed E-state index contributed by atoms with van der Waals surface area (Å²) in [5.74, 6) is 0.875. The van der Waals surface area contributed by atoms with Gasteiger partial charge in [-0.05, 0) is 36.8 Å². The number of para-hydroxylation sites is 2. The third kappa shape index (κ3) is 2.95. The normalized spacial score (nSPS) is 11.5. The predicted octanol–water partition coefficient (Wildman–Crippen LogP) is 4.04. The molecule has 0 atom stereocenters. The van der Waals surface area contributed by atoms with Gasteiger partial charge in [0.15, 0.2) is 5.16 Å². The second kappa shape index (κ2) is 6.37. The Bertz CT molecular complexity index is 1070. The molecule has 0 radical (unpaired) electrons. The molecule has 0 saturated heterocycles. The number of thioether (sulfide) groups is 1. The first-order valence-corrected chi connectivity index (χ1v) is 9.03. The van der Waals surface area contributed by atoms with Crippen LogP contribution in [0.5, 0.6) is 0 Å². The lowest BCUT2D eigenvalue weighted by Crippen LogP contribution is -2.17. The van der Waals surface area contributed by atoms with E-state index >= 15 is 0 Å². The number of aromatic nitrogens is 4. The van der Waals surface area contributed by atoms with Crippen LogP contribution in [0.25, 0.3) is 22.1 Å². The first-order valence-electron chi connectivity index (χ1n) is 7.66. The molecule has 0 bridgehead atoms. The summed E-state index contributed by atoms with van der Waals surface area (Å²) in [7, 11) is 0. The molecule has 122 valence electrons. The fourth-order valence-corrected chi connectivity index (χ4v) is 3.73. The van der Waals surface area contributed by atoms with Crippen LogP contribution in [0, 0.1) is 0 Å². The molecule has 0 amide bonds. The molecular weight excluding hydrogens is 344 g/mol. The second-order valence-corrected chi connectivity index (χ2v) is 7.02. The average Bonchev–Trinajstić information content (AvgIpc) is 3.11. The molecule has 4 aromatic rings. The molecule has 7 heteroatoms. The van der Waals surface area contributed by atoms with Crippen molar-refractivity contribution in [2.75, 3.05) is 5.75 Å². The summed E-state index contributed by atoms with van der Waals surface area (Å²) in [5.41, 5.74) is 3.63. The maximum Gasteiger partial charge on any atom is 0.326 e. The zero-order valence-electron chi connectivity index (χ0n) is 12.8. The lowest BCUT2D eigenvalue weighted by molar-refractivity contribution is 0.679. The molecule has 0 aliphatic heterocycles. The van der Waals surface area contributed by atoms with Crippen molar-refractivity contribution in [3.8, 4) is 0 Å². The number of hydrogen-bond acceptors (Lipinski definition) is 3. The van der Waals surface area contributed by atoms with Gasteiger partial charge in [-0.15, -0.1) is 0 Å². The highest BCUT2D eigenvalue weighted by atomic mass is 35.5. The van der Waals surface area contributed by atoms with Gasteiger partial charge in [0.1, 0.15) is 0 Å². The summed E-state index contributed by atoms with van der Waals surface area (Å²) in [6, 6.07) is 13.4. The van der Waals surface area contributed by atoms with E-state index in [4.69, 9.17) is 11.6 Å². The summed E-state index contributed by atoms with van der Waals surface area (Å²) < 4.78 is 1.79. The molecular formula is C17H15ClN4OS. The van der Waals surface area contributed by atoms with E-state index in [1.807, 2.05) is 42.5 Å². The van der Waals surface area contributed by atoms with Crippen LogP contribution < -0.4 is 5.69 Å². The third-order valence-corrected chi connectivity index (χ3v) is 5.06. The van der Waals surface area contributed by atoms with Crippen molar-refractivity contribution in [3.05, 3.63) is 58.0 Å². The van der Waals surface area contributed by atoms with Crippen molar-refractivity contribution >= 4 is 45.4 Å². The second-order valence-electron chi connectivity index (χ2n) is 5.50. The van der Waals surface area contributed by atoms with E-state index in [1.54, 1.807) is 16.3 Å². The molecule has 0 saturated carbocycles. The smallest absolute Gasteiger partial charge is 0.326 e. The molecule has 0 spiro atoms. The number of halogens is 1. The van der Waals surface area contributed by atoms with Gasteiger partial charge in [-0.1, -0.05) is 35.5 Å². The van der Waals surface area contributed by atoms with E-state index in [0.717, 1.165) is 39.4 Å². The van der Waals surface area contributed by atoms with Crippen LogP contribution >= 0.6 is 23.4 Å². The van der Waals surface area contributed by atoms with E-state index in [9.17, 15) is 4.79 Å². The summed E-state index contributed by atoms with van der Waals surface area (Å²) in [6.07, 6.45) is 0.879. The molecule has 0 aliphatic carbocycles. The first kappa shape index (κ1) is 15.4. The molecule has 2 N–H and O–H groups in total. The van der Waals surface area contributed by atoms with Crippen LogP contribution in [0.3, 0.4) is 0 Å². The van der Waals surface area contributed by atoms with E-state index in [2.05, 4.69) is 15.0 Å². The fraction of sp³-hybridized carbons (Fsp3) is 0.176. The Balaban J connectivity index is 1.41. The zero-order valence-corrected chi connectivity index (χ0v) is 14.3. The Morgan fingerprint density at radius 2 is 2.00 bits per heavy atom. The predicted molar refractivity (Wildman–Crippen MR) is 99.0 cm³/mol. The molecule has 4 rings (SSSR count). The van der Waals surface area contributed by atoms with E-state index in [-0.39, 0.29) is 5.69 Å². The van der Waals surface area contributed by atoms with Crippen LogP contribution in [0.15, 0.2) is 52.4 Å². The van der Waals surface area contributed by atoms with Crippen LogP contribution in [-0.4, -0.2) is 25.3 Å². The van der Waals surface area contributed by atoms with Crippen molar-refractivity contribution in [2.45, 2.75) is 18.1 Å². The number of H-pyrrole nitrogens is 2. The van der Waals surface area contributed by atoms with Crippen LogP contribution in [0.2, 0.25) is 5.02 Å². The van der Waals surface area contributed by atoms with E-state index in [0.29, 0.717) is 11.6 Å². The van der Waals surface area contributed by atoms with Crippen LogP contribution in [-0.2, 0) is 6.54 Å². The fourth-order valence-electron chi connectivity index (χ4n) is 2.75. The highest BCUT2D eigenvalue weighted by Gasteiger charge is 2.07. The standard InChI is InChI=1S/C17H15ClN4OS/c18-11-6-7-12-14(10-11)20-16(19-12)24-9-3-8-22-15-5-2-1-4-13(15)21-17(22)23/h1-2,4-7,10H,3,8-9H2,(H,19,20)(H,21,23). The number of benzene rings is 2. The third-order valence-electron chi connectivity index (χ3n) is 3.87. The minimum Gasteiger partial charge on any atom is -0.333 e. The molecule has 2 aromatic heterocycles. The number of aromatic amines is 2. The zero-order chi connectivity index (χ0) is 16.5.